The van der Waals surface area contributed by atoms with Crippen LogP contribution in [-0.4, -0.2) is 13.6 Å². The Kier molecular flexibility index (Phi) is 4.69. The van der Waals surface area contributed by atoms with Gasteiger partial charge in [-0.25, -0.2) is 8.78 Å². The monoisotopic (exact) mass is 276 g/mol. The largest absolute Gasteiger partial charge is 0.375 e. The Morgan fingerprint density at radius 1 is 1.05 bits per heavy atom. The summed E-state index contributed by atoms with van der Waals surface area (Å²) in [7, 11) is 1.92. The lowest BCUT2D eigenvalue weighted by Crippen LogP contribution is -2.23. The maximum atomic E-state index is 13.1. The number of nitrogens with two attached hydrogens (primary N) is 1. The van der Waals surface area contributed by atoms with Gasteiger partial charge >= 0.3 is 0 Å². The summed E-state index contributed by atoms with van der Waals surface area (Å²) in [5.41, 5.74) is 7.78. The zero-order valence-electron chi connectivity index (χ0n) is 11.4. The lowest BCUT2D eigenvalue weighted by Gasteiger charge is -2.21. The van der Waals surface area contributed by atoms with Gasteiger partial charge in [0.25, 0.3) is 0 Å². The number of rotatable bonds is 5. The molecule has 2 N–H and O–H groups in total. The molecule has 2 aromatic rings. The van der Waals surface area contributed by atoms with Gasteiger partial charge in [0.15, 0.2) is 0 Å². The van der Waals surface area contributed by atoms with Crippen LogP contribution in [0.25, 0.3) is 0 Å². The van der Waals surface area contributed by atoms with E-state index in [2.05, 4.69) is 0 Å². The molecule has 0 aliphatic carbocycles. The zero-order valence-corrected chi connectivity index (χ0v) is 11.4. The molecule has 0 radical (unpaired) electrons. The summed E-state index contributed by atoms with van der Waals surface area (Å²) in [6, 6.07) is 12.4. The summed E-state index contributed by atoms with van der Waals surface area (Å²) < 4.78 is 26.0. The van der Waals surface area contributed by atoms with Gasteiger partial charge in [0.2, 0.25) is 0 Å². The molecule has 0 fully saturated rings. The first kappa shape index (κ1) is 14.5. The summed E-state index contributed by atoms with van der Waals surface area (Å²) in [5, 5.41) is 0. The van der Waals surface area contributed by atoms with E-state index in [0.29, 0.717) is 13.0 Å². The van der Waals surface area contributed by atoms with Gasteiger partial charge in [0, 0.05) is 25.3 Å². The molecule has 2 rings (SSSR count). The minimum absolute atomic E-state index is 0.214. The third-order valence-electron chi connectivity index (χ3n) is 3.32. The van der Waals surface area contributed by atoms with Crippen LogP contribution in [0.1, 0.15) is 18.0 Å². The lowest BCUT2D eigenvalue weighted by atomic mass is 10.0. The molecule has 1 atom stereocenters. The predicted octanol–water partition coefficient (Wildman–Crippen LogP) is 3.49. The maximum absolute atomic E-state index is 13.1. The predicted molar refractivity (Wildman–Crippen MR) is 77.6 cm³/mol. The van der Waals surface area contributed by atoms with Crippen LogP contribution in [0, 0.1) is 11.6 Å². The van der Waals surface area contributed by atoms with Crippen molar-refractivity contribution in [2.45, 2.75) is 12.5 Å². The first-order valence-electron chi connectivity index (χ1n) is 6.54. The Labute approximate surface area is 117 Å². The molecule has 0 aliphatic heterocycles. The minimum Gasteiger partial charge on any atom is -0.375 e. The van der Waals surface area contributed by atoms with Crippen molar-refractivity contribution in [1.29, 1.82) is 0 Å². The van der Waals surface area contributed by atoms with Crippen LogP contribution < -0.4 is 10.6 Å². The smallest absolute Gasteiger partial charge is 0.123 e. The van der Waals surface area contributed by atoms with E-state index in [0.717, 1.165) is 11.3 Å². The molecule has 0 saturated heterocycles. The molecular weight excluding hydrogens is 258 g/mol. The average Bonchev–Trinajstić information content (AvgIpc) is 2.45. The average molecular weight is 276 g/mol. The molecule has 2 aromatic carbocycles. The topological polar surface area (TPSA) is 29.3 Å². The van der Waals surface area contributed by atoms with Crippen molar-refractivity contribution in [3.63, 3.8) is 0 Å². The Hall–Kier alpha value is -1.94. The van der Waals surface area contributed by atoms with Crippen LogP contribution in [0.2, 0.25) is 0 Å². The van der Waals surface area contributed by atoms with E-state index in [1.165, 1.54) is 24.3 Å². The fraction of sp³-hybridized carbons (Fsp3) is 0.250. The van der Waals surface area contributed by atoms with Crippen molar-refractivity contribution < 1.29 is 8.78 Å². The van der Waals surface area contributed by atoms with Gasteiger partial charge in [-0.05, 0) is 48.4 Å². The van der Waals surface area contributed by atoms with Crippen LogP contribution in [0.5, 0.6) is 0 Å². The second kappa shape index (κ2) is 6.48. The summed E-state index contributed by atoms with van der Waals surface area (Å²) in [6.45, 7) is 0.712. The lowest BCUT2D eigenvalue weighted by molar-refractivity contribution is 0.608. The highest BCUT2D eigenvalue weighted by Crippen LogP contribution is 2.18. The molecular formula is C16H18F2N2. The third kappa shape index (κ3) is 3.78. The second-order valence-corrected chi connectivity index (χ2v) is 4.85. The van der Waals surface area contributed by atoms with Crippen LogP contribution >= 0.6 is 0 Å². The van der Waals surface area contributed by atoms with Gasteiger partial charge in [0.1, 0.15) is 11.6 Å². The molecule has 0 heterocycles. The van der Waals surface area contributed by atoms with Crippen molar-refractivity contribution in [2.24, 2.45) is 5.73 Å². The molecule has 2 nitrogen and oxygen atoms in total. The Morgan fingerprint density at radius 2 is 1.75 bits per heavy atom. The number of nitrogens with zero attached hydrogens (tertiary/aromatic N) is 1. The molecule has 0 spiro atoms. The fourth-order valence-electron chi connectivity index (χ4n) is 2.06. The van der Waals surface area contributed by atoms with Crippen LogP contribution in [0.3, 0.4) is 0 Å². The van der Waals surface area contributed by atoms with Crippen LogP contribution in [0.15, 0.2) is 48.5 Å². The van der Waals surface area contributed by atoms with E-state index in [-0.39, 0.29) is 17.7 Å². The van der Waals surface area contributed by atoms with Crippen molar-refractivity contribution in [3.05, 3.63) is 65.7 Å². The first-order valence-corrected chi connectivity index (χ1v) is 6.54. The number of anilines is 1. The van der Waals surface area contributed by atoms with Crippen molar-refractivity contribution in [2.75, 3.05) is 18.5 Å². The van der Waals surface area contributed by atoms with E-state index in [4.69, 9.17) is 5.73 Å². The van der Waals surface area contributed by atoms with Gasteiger partial charge in [-0.3, -0.25) is 0 Å². The summed E-state index contributed by atoms with van der Waals surface area (Å²) >= 11 is 0. The highest BCUT2D eigenvalue weighted by Gasteiger charge is 2.09. The van der Waals surface area contributed by atoms with Crippen molar-refractivity contribution in [3.8, 4) is 0 Å². The molecule has 0 amide bonds. The van der Waals surface area contributed by atoms with Gasteiger partial charge in [0.05, 0.1) is 0 Å². The van der Waals surface area contributed by atoms with Crippen LogP contribution in [0.4, 0.5) is 14.5 Å². The maximum Gasteiger partial charge on any atom is 0.123 e. The summed E-state index contributed by atoms with van der Waals surface area (Å²) in [4.78, 5) is 2.00. The molecule has 1 unspecified atom stereocenters. The van der Waals surface area contributed by atoms with Gasteiger partial charge in [-0.15, -0.1) is 0 Å². The van der Waals surface area contributed by atoms with Crippen LogP contribution in [-0.2, 0) is 0 Å². The molecule has 0 saturated carbocycles. The van der Waals surface area contributed by atoms with Crippen molar-refractivity contribution in [1.82, 2.24) is 0 Å². The van der Waals surface area contributed by atoms with E-state index in [1.54, 1.807) is 18.2 Å². The van der Waals surface area contributed by atoms with E-state index in [9.17, 15) is 8.78 Å². The third-order valence-corrected chi connectivity index (χ3v) is 3.32. The molecule has 4 heteroatoms. The van der Waals surface area contributed by atoms with Gasteiger partial charge in [-0.1, -0.05) is 12.1 Å². The first-order chi connectivity index (χ1) is 9.56. The van der Waals surface area contributed by atoms with Crippen molar-refractivity contribution >= 4 is 5.69 Å². The summed E-state index contributed by atoms with van der Waals surface area (Å²) in [6.07, 6.45) is 0.692. The Morgan fingerprint density at radius 3 is 2.40 bits per heavy atom. The number of halogens is 2. The van der Waals surface area contributed by atoms with Gasteiger partial charge < -0.3 is 10.6 Å². The van der Waals surface area contributed by atoms with E-state index >= 15 is 0 Å². The molecule has 0 aliphatic rings. The molecule has 20 heavy (non-hydrogen) atoms. The summed E-state index contributed by atoms with van der Waals surface area (Å²) in [5.74, 6) is -0.525. The molecule has 0 bridgehead atoms. The quantitative estimate of drug-likeness (QED) is 0.905. The Balaban J connectivity index is 1.93. The second-order valence-electron chi connectivity index (χ2n) is 4.85. The molecule has 0 aromatic heterocycles. The van der Waals surface area contributed by atoms with E-state index < -0.39 is 0 Å². The zero-order chi connectivity index (χ0) is 14.5. The molecule has 106 valence electrons. The number of hydrogen-bond donors (Lipinski definition) is 1. The number of benzene rings is 2. The number of hydrogen-bond acceptors (Lipinski definition) is 2. The minimum atomic E-state index is -0.273. The normalized spacial score (nSPS) is 12.2. The van der Waals surface area contributed by atoms with Gasteiger partial charge in [-0.2, -0.15) is 0 Å². The highest BCUT2D eigenvalue weighted by atomic mass is 19.1. The SMILES string of the molecule is CN(CCC(N)c1cccc(F)c1)c1ccc(F)cc1. The van der Waals surface area contributed by atoms with E-state index in [1.807, 2.05) is 18.0 Å². The standard InChI is InChI=1S/C16H18F2N2/c1-20(15-7-5-13(17)6-8-15)10-9-16(19)12-3-2-4-14(18)11-12/h2-8,11,16H,9-10,19H2,1H3. The fourth-order valence-corrected chi connectivity index (χ4v) is 2.06. The Bertz CT molecular complexity index is 555. The highest BCUT2D eigenvalue weighted by molar-refractivity contribution is 5.45.